The largest absolute Gasteiger partial charge is 0.480 e. The first-order valence-corrected chi connectivity index (χ1v) is 7.78. The minimum absolute atomic E-state index is 0.0789. The number of carboxylic acid groups (broad SMARTS) is 1. The van der Waals surface area contributed by atoms with Crippen LogP contribution in [0.1, 0.15) is 59.3 Å². The average molecular weight is 284 g/mol. The quantitative estimate of drug-likeness (QED) is 0.755. The van der Waals surface area contributed by atoms with Crippen molar-refractivity contribution in [2.45, 2.75) is 71.4 Å². The number of nitrogens with one attached hydrogen (secondary N) is 1. The lowest BCUT2D eigenvalue weighted by Gasteiger charge is -2.31. The van der Waals surface area contributed by atoms with Crippen LogP contribution in [0, 0.1) is 5.92 Å². The van der Waals surface area contributed by atoms with E-state index in [9.17, 15) is 9.59 Å². The summed E-state index contributed by atoms with van der Waals surface area (Å²) in [5, 5.41) is 12.0. The van der Waals surface area contributed by atoms with Crippen molar-refractivity contribution in [1.29, 1.82) is 0 Å². The maximum absolute atomic E-state index is 12.4. The molecule has 0 saturated heterocycles. The Morgan fingerprint density at radius 2 is 1.80 bits per heavy atom. The van der Waals surface area contributed by atoms with Gasteiger partial charge in [-0.25, -0.2) is 4.79 Å². The van der Waals surface area contributed by atoms with Crippen LogP contribution in [-0.2, 0) is 4.79 Å². The molecule has 1 fully saturated rings. The van der Waals surface area contributed by atoms with Crippen LogP contribution in [0.25, 0.3) is 0 Å². The molecule has 1 rings (SSSR count). The molecule has 0 aromatic rings. The summed E-state index contributed by atoms with van der Waals surface area (Å²) in [5.74, 6) is -0.503. The van der Waals surface area contributed by atoms with Gasteiger partial charge in [-0.05, 0) is 25.7 Å². The predicted octanol–water partition coefficient (Wildman–Crippen LogP) is 2.85. The molecule has 0 aromatic heterocycles. The van der Waals surface area contributed by atoms with Crippen molar-refractivity contribution in [1.82, 2.24) is 10.2 Å². The number of rotatable bonds is 7. The van der Waals surface area contributed by atoms with E-state index in [2.05, 4.69) is 19.2 Å². The highest BCUT2D eigenvalue weighted by Crippen LogP contribution is 2.23. The molecule has 1 saturated carbocycles. The zero-order valence-electron chi connectivity index (χ0n) is 12.9. The molecule has 5 nitrogen and oxygen atoms in total. The number of nitrogens with zero attached hydrogens (tertiary/aromatic N) is 1. The van der Waals surface area contributed by atoms with Crippen molar-refractivity contribution >= 4 is 12.0 Å². The number of hydrogen-bond acceptors (Lipinski definition) is 2. The number of carbonyl (C=O) groups is 2. The zero-order valence-corrected chi connectivity index (χ0v) is 12.9. The molecule has 1 unspecified atom stereocenters. The van der Waals surface area contributed by atoms with Gasteiger partial charge in [0.25, 0.3) is 0 Å². The second-order valence-electron chi connectivity index (χ2n) is 5.77. The van der Waals surface area contributed by atoms with Crippen LogP contribution in [0.2, 0.25) is 0 Å². The Morgan fingerprint density at radius 3 is 2.25 bits per heavy atom. The van der Waals surface area contributed by atoms with Crippen molar-refractivity contribution in [2.75, 3.05) is 6.54 Å². The highest BCUT2D eigenvalue weighted by molar-refractivity contribution is 5.80. The minimum atomic E-state index is -0.942. The molecule has 1 atom stereocenters. The van der Waals surface area contributed by atoms with Crippen molar-refractivity contribution in [3.8, 4) is 0 Å². The highest BCUT2D eigenvalue weighted by Gasteiger charge is 2.29. The summed E-state index contributed by atoms with van der Waals surface area (Å²) in [4.78, 5) is 24.9. The molecule has 0 heterocycles. The van der Waals surface area contributed by atoms with E-state index in [1.54, 1.807) is 0 Å². The van der Waals surface area contributed by atoms with Gasteiger partial charge in [0, 0.05) is 12.1 Å². The Kier molecular flexibility index (Phi) is 6.82. The molecule has 0 spiro atoms. The fourth-order valence-corrected chi connectivity index (χ4v) is 3.12. The van der Waals surface area contributed by atoms with Crippen molar-refractivity contribution < 1.29 is 14.7 Å². The molecule has 0 aromatic carbocycles. The summed E-state index contributed by atoms with van der Waals surface area (Å²) >= 11 is 0. The van der Waals surface area contributed by atoms with Gasteiger partial charge in [0.05, 0.1) is 0 Å². The second-order valence-corrected chi connectivity index (χ2v) is 5.77. The summed E-state index contributed by atoms with van der Waals surface area (Å²) in [5.41, 5.74) is 0. The van der Waals surface area contributed by atoms with Gasteiger partial charge in [-0.2, -0.15) is 0 Å². The summed E-state index contributed by atoms with van der Waals surface area (Å²) in [6.07, 6.45) is 6.02. The van der Waals surface area contributed by atoms with E-state index in [1.165, 1.54) is 4.90 Å². The first-order valence-electron chi connectivity index (χ1n) is 7.78. The van der Waals surface area contributed by atoms with Crippen LogP contribution in [0.3, 0.4) is 0 Å². The summed E-state index contributed by atoms with van der Waals surface area (Å²) in [7, 11) is 0. The van der Waals surface area contributed by atoms with Gasteiger partial charge in [0.15, 0.2) is 0 Å². The average Bonchev–Trinajstić information content (AvgIpc) is 2.90. The Hall–Kier alpha value is -1.26. The minimum Gasteiger partial charge on any atom is -0.480 e. The molecule has 20 heavy (non-hydrogen) atoms. The van der Waals surface area contributed by atoms with Crippen LogP contribution in [0.4, 0.5) is 4.79 Å². The van der Waals surface area contributed by atoms with E-state index < -0.39 is 5.97 Å². The third-order valence-electron chi connectivity index (χ3n) is 4.44. The van der Waals surface area contributed by atoms with Crippen molar-refractivity contribution in [3.05, 3.63) is 0 Å². The fraction of sp³-hybridized carbons (Fsp3) is 0.867. The maximum Gasteiger partial charge on any atom is 0.323 e. The van der Waals surface area contributed by atoms with Gasteiger partial charge in [-0.3, -0.25) is 4.79 Å². The maximum atomic E-state index is 12.4. The molecule has 0 bridgehead atoms. The Labute approximate surface area is 121 Å². The summed E-state index contributed by atoms with van der Waals surface area (Å²) in [6.45, 7) is 6.03. The first-order chi connectivity index (χ1) is 9.49. The summed E-state index contributed by atoms with van der Waals surface area (Å²) < 4.78 is 0. The summed E-state index contributed by atoms with van der Waals surface area (Å²) in [6, 6.07) is -0.0612. The fourth-order valence-electron chi connectivity index (χ4n) is 3.12. The Bertz CT molecular complexity index is 323. The lowest BCUT2D eigenvalue weighted by Crippen LogP contribution is -2.51. The molecular weight excluding hydrogens is 256 g/mol. The van der Waals surface area contributed by atoms with E-state index in [4.69, 9.17) is 5.11 Å². The molecule has 1 aliphatic rings. The second kappa shape index (κ2) is 8.12. The molecule has 0 aliphatic heterocycles. The van der Waals surface area contributed by atoms with Crippen LogP contribution in [0.15, 0.2) is 0 Å². The van der Waals surface area contributed by atoms with Gasteiger partial charge in [-0.15, -0.1) is 0 Å². The van der Waals surface area contributed by atoms with Crippen molar-refractivity contribution in [3.63, 3.8) is 0 Å². The number of carboxylic acids is 1. The molecule has 2 amide bonds. The van der Waals surface area contributed by atoms with Gasteiger partial charge in [0.2, 0.25) is 0 Å². The number of carbonyl (C=O) groups excluding carboxylic acids is 1. The van der Waals surface area contributed by atoms with E-state index in [-0.39, 0.29) is 24.7 Å². The van der Waals surface area contributed by atoms with E-state index >= 15 is 0 Å². The van der Waals surface area contributed by atoms with Crippen LogP contribution >= 0.6 is 0 Å². The van der Waals surface area contributed by atoms with Crippen LogP contribution < -0.4 is 5.32 Å². The number of urea groups is 1. The number of aliphatic carboxylic acids is 1. The smallest absolute Gasteiger partial charge is 0.323 e. The normalized spacial score (nSPS) is 17.2. The van der Waals surface area contributed by atoms with Gasteiger partial charge in [0.1, 0.15) is 6.54 Å². The molecule has 1 aliphatic carbocycles. The number of amides is 2. The zero-order chi connectivity index (χ0) is 15.1. The van der Waals surface area contributed by atoms with Crippen LogP contribution in [0.5, 0.6) is 0 Å². The van der Waals surface area contributed by atoms with Crippen molar-refractivity contribution in [2.24, 2.45) is 5.92 Å². The van der Waals surface area contributed by atoms with E-state index in [0.717, 1.165) is 38.5 Å². The standard InChI is InChI=1S/C15H28N2O3/c1-4-12(5-2)11(3)16-15(20)17(10-14(18)19)13-8-6-7-9-13/h11-13H,4-10H2,1-3H3,(H,16,20)(H,18,19). The van der Waals surface area contributed by atoms with Gasteiger partial charge < -0.3 is 15.3 Å². The lowest BCUT2D eigenvalue weighted by molar-refractivity contribution is -0.138. The SMILES string of the molecule is CCC(CC)C(C)NC(=O)N(CC(=O)O)C1CCCC1. The molecule has 5 heteroatoms. The monoisotopic (exact) mass is 284 g/mol. The molecule has 116 valence electrons. The van der Waals surface area contributed by atoms with E-state index in [0.29, 0.717) is 5.92 Å². The third kappa shape index (κ3) is 4.69. The topological polar surface area (TPSA) is 69.6 Å². The number of hydrogen-bond donors (Lipinski definition) is 2. The Balaban J connectivity index is 2.64. The predicted molar refractivity (Wildman–Crippen MR) is 78.7 cm³/mol. The van der Waals surface area contributed by atoms with Gasteiger partial charge >= 0.3 is 12.0 Å². The molecule has 0 radical (unpaired) electrons. The highest BCUT2D eigenvalue weighted by atomic mass is 16.4. The van der Waals surface area contributed by atoms with Gasteiger partial charge in [-0.1, -0.05) is 39.5 Å². The lowest BCUT2D eigenvalue weighted by atomic mass is 9.96. The van der Waals surface area contributed by atoms with Crippen LogP contribution in [-0.4, -0.2) is 40.6 Å². The molecular formula is C15H28N2O3. The molecule has 2 N–H and O–H groups in total. The first kappa shape index (κ1) is 16.8. The third-order valence-corrected chi connectivity index (χ3v) is 4.44. The Morgan fingerprint density at radius 1 is 1.25 bits per heavy atom. The van der Waals surface area contributed by atoms with E-state index in [1.807, 2.05) is 6.92 Å².